The molecule has 1 unspecified atom stereocenters. The van der Waals surface area contributed by atoms with Crippen LogP contribution in [-0.4, -0.2) is 29.4 Å². The molecule has 96 valence electrons. The van der Waals surface area contributed by atoms with E-state index in [1.807, 2.05) is 0 Å². The van der Waals surface area contributed by atoms with Gasteiger partial charge in [0.2, 0.25) is 0 Å². The summed E-state index contributed by atoms with van der Waals surface area (Å²) >= 11 is 3.69. The maximum absolute atomic E-state index is 3.69. The number of rotatable bonds is 9. The molecule has 1 heterocycles. The van der Waals surface area contributed by atoms with Gasteiger partial charge in [-0.3, -0.25) is 0 Å². The maximum Gasteiger partial charge on any atom is 0.0285 e. The summed E-state index contributed by atoms with van der Waals surface area (Å²) in [5.74, 6) is 0. The molecule has 1 saturated heterocycles. The molecule has 1 atom stereocenters. The van der Waals surface area contributed by atoms with E-state index in [4.69, 9.17) is 0 Å². The second kappa shape index (κ2) is 9.47. The van der Waals surface area contributed by atoms with Crippen molar-refractivity contribution in [1.82, 2.24) is 4.90 Å². The molecule has 2 heteroatoms. The van der Waals surface area contributed by atoms with Gasteiger partial charge in [0.25, 0.3) is 0 Å². The van der Waals surface area contributed by atoms with E-state index in [0.717, 1.165) is 4.83 Å². The number of halogens is 1. The fraction of sp³-hybridized carbons (Fsp3) is 1.00. The highest BCUT2D eigenvalue weighted by atomic mass is 79.9. The van der Waals surface area contributed by atoms with Gasteiger partial charge in [-0.1, -0.05) is 67.8 Å². The van der Waals surface area contributed by atoms with Crippen molar-refractivity contribution in [3.05, 3.63) is 0 Å². The predicted molar refractivity (Wildman–Crippen MR) is 76.4 cm³/mol. The van der Waals surface area contributed by atoms with Crippen molar-refractivity contribution in [2.75, 3.05) is 19.6 Å². The van der Waals surface area contributed by atoms with Gasteiger partial charge < -0.3 is 4.90 Å². The highest BCUT2D eigenvalue weighted by Crippen LogP contribution is 2.17. The van der Waals surface area contributed by atoms with Crippen LogP contribution in [0, 0.1) is 0 Å². The first-order valence-electron chi connectivity index (χ1n) is 7.19. The third kappa shape index (κ3) is 6.90. The normalized spacial score (nSPS) is 21.8. The molecule has 0 N–H and O–H groups in total. The molecule has 1 fully saturated rings. The lowest BCUT2D eigenvalue weighted by Gasteiger charge is -2.14. The van der Waals surface area contributed by atoms with E-state index >= 15 is 0 Å². The van der Waals surface area contributed by atoms with Crippen LogP contribution in [0.25, 0.3) is 0 Å². The van der Waals surface area contributed by atoms with Gasteiger partial charge in [-0.15, -0.1) is 0 Å². The first-order valence-corrected chi connectivity index (χ1v) is 8.11. The first kappa shape index (κ1) is 14.5. The van der Waals surface area contributed by atoms with Gasteiger partial charge >= 0.3 is 0 Å². The summed E-state index contributed by atoms with van der Waals surface area (Å²) in [7, 11) is 0. The average molecular weight is 290 g/mol. The van der Waals surface area contributed by atoms with Crippen molar-refractivity contribution in [1.29, 1.82) is 0 Å². The molecule has 0 saturated carbocycles. The van der Waals surface area contributed by atoms with Crippen molar-refractivity contribution < 1.29 is 0 Å². The fourth-order valence-corrected chi connectivity index (χ4v) is 3.07. The van der Waals surface area contributed by atoms with Crippen LogP contribution in [-0.2, 0) is 0 Å². The lowest BCUT2D eigenvalue weighted by molar-refractivity contribution is 0.328. The summed E-state index contributed by atoms with van der Waals surface area (Å²) in [5, 5.41) is 0. The number of likely N-dealkylation sites (tertiary alicyclic amines) is 1. The van der Waals surface area contributed by atoms with E-state index in [2.05, 4.69) is 27.8 Å². The van der Waals surface area contributed by atoms with Crippen LogP contribution in [0.5, 0.6) is 0 Å². The van der Waals surface area contributed by atoms with Gasteiger partial charge in [0.1, 0.15) is 0 Å². The van der Waals surface area contributed by atoms with Crippen LogP contribution in [0.4, 0.5) is 0 Å². The Morgan fingerprint density at radius 3 is 2.19 bits per heavy atom. The Bertz CT molecular complexity index is 161. The largest absolute Gasteiger partial charge is 0.302 e. The van der Waals surface area contributed by atoms with E-state index in [0.29, 0.717) is 0 Å². The zero-order valence-corrected chi connectivity index (χ0v) is 12.5. The van der Waals surface area contributed by atoms with E-state index in [1.54, 1.807) is 0 Å². The zero-order chi connectivity index (χ0) is 11.6. The van der Waals surface area contributed by atoms with E-state index < -0.39 is 0 Å². The van der Waals surface area contributed by atoms with Crippen molar-refractivity contribution in [3.63, 3.8) is 0 Å². The van der Waals surface area contributed by atoms with Crippen molar-refractivity contribution in [3.8, 4) is 0 Å². The van der Waals surface area contributed by atoms with Crippen LogP contribution in [0.3, 0.4) is 0 Å². The molecule has 0 spiro atoms. The fourth-order valence-electron chi connectivity index (χ4n) is 2.46. The highest BCUT2D eigenvalue weighted by molar-refractivity contribution is 9.09. The third-order valence-electron chi connectivity index (χ3n) is 3.54. The van der Waals surface area contributed by atoms with Crippen LogP contribution >= 0.6 is 15.9 Å². The minimum Gasteiger partial charge on any atom is -0.302 e. The molecule has 0 bridgehead atoms. The minimum absolute atomic E-state index is 0.765. The van der Waals surface area contributed by atoms with Gasteiger partial charge in [-0.05, 0) is 25.9 Å². The Morgan fingerprint density at radius 1 is 1.00 bits per heavy atom. The molecule has 16 heavy (non-hydrogen) atoms. The molecular formula is C14H28BrN. The van der Waals surface area contributed by atoms with Crippen LogP contribution in [0.1, 0.15) is 64.7 Å². The van der Waals surface area contributed by atoms with Gasteiger partial charge in [0.05, 0.1) is 0 Å². The summed E-state index contributed by atoms with van der Waals surface area (Å²) < 4.78 is 0. The monoisotopic (exact) mass is 289 g/mol. The Hall–Kier alpha value is 0.440. The summed E-state index contributed by atoms with van der Waals surface area (Å²) in [6.07, 6.45) is 12.8. The van der Waals surface area contributed by atoms with Gasteiger partial charge in [-0.25, -0.2) is 0 Å². The molecule has 0 aliphatic carbocycles. The molecule has 0 aromatic heterocycles. The van der Waals surface area contributed by atoms with Crippen LogP contribution in [0.2, 0.25) is 0 Å². The molecule has 0 aromatic carbocycles. The molecule has 0 aromatic rings. The Morgan fingerprint density at radius 2 is 1.62 bits per heavy atom. The number of alkyl halides is 1. The molecule has 1 aliphatic rings. The SMILES string of the molecule is CCCCCCCCCCN1CCC(Br)C1. The molecular weight excluding hydrogens is 262 g/mol. The van der Waals surface area contributed by atoms with E-state index in [1.165, 1.54) is 77.4 Å². The summed E-state index contributed by atoms with van der Waals surface area (Å²) in [6.45, 7) is 6.20. The van der Waals surface area contributed by atoms with Crippen molar-refractivity contribution in [2.45, 2.75) is 69.5 Å². The second-order valence-electron chi connectivity index (χ2n) is 5.16. The van der Waals surface area contributed by atoms with Gasteiger partial charge in [0.15, 0.2) is 0 Å². The molecule has 1 rings (SSSR count). The Kier molecular flexibility index (Phi) is 8.58. The van der Waals surface area contributed by atoms with Crippen LogP contribution < -0.4 is 0 Å². The molecule has 1 aliphatic heterocycles. The zero-order valence-electron chi connectivity index (χ0n) is 10.9. The highest BCUT2D eigenvalue weighted by Gasteiger charge is 2.18. The Labute approximate surface area is 110 Å². The Balaban J connectivity index is 1.78. The lowest BCUT2D eigenvalue weighted by Crippen LogP contribution is -2.21. The molecule has 1 nitrogen and oxygen atoms in total. The summed E-state index contributed by atoms with van der Waals surface area (Å²) in [5.41, 5.74) is 0. The summed E-state index contributed by atoms with van der Waals surface area (Å²) in [4.78, 5) is 3.37. The van der Waals surface area contributed by atoms with Crippen molar-refractivity contribution >= 4 is 15.9 Å². The smallest absolute Gasteiger partial charge is 0.0285 e. The topological polar surface area (TPSA) is 3.24 Å². The predicted octanol–water partition coefficient (Wildman–Crippen LogP) is 4.60. The lowest BCUT2D eigenvalue weighted by atomic mass is 10.1. The van der Waals surface area contributed by atoms with E-state index in [9.17, 15) is 0 Å². The molecule has 0 radical (unpaired) electrons. The van der Waals surface area contributed by atoms with E-state index in [-0.39, 0.29) is 0 Å². The van der Waals surface area contributed by atoms with Gasteiger partial charge in [0, 0.05) is 11.4 Å². The standard InChI is InChI=1S/C14H28BrN/c1-2-3-4-5-6-7-8-9-11-16-12-10-14(15)13-16/h14H,2-13H2,1H3. The van der Waals surface area contributed by atoms with Crippen LogP contribution in [0.15, 0.2) is 0 Å². The minimum atomic E-state index is 0.765. The average Bonchev–Trinajstić information content (AvgIpc) is 2.68. The maximum atomic E-state index is 3.69. The third-order valence-corrected chi connectivity index (χ3v) is 4.29. The number of hydrogen-bond acceptors (Lipinski definition) is 1. The van der Waals surface area contributed by atoms with Gasteiger partial charge in [-0.2, -0.15) is 0 Å². The van der Waals surface area contributed by atoms with Crippen molar-refractivity contribution in [2.24, 2.45) is 0 Å². The second-order valence-corrected chi connectivity index (χ2v) is 6.46. The number of nitrogens with zero attached hydrogens (tertiary/aromatic N) is 1. The number of hydrogen-bond donors (Lipinski definition) is 0. The first-order chi connectivity index (χ1) is 7.83. The number of unbranched alkanes of at least 4 members (excludes halogenated alkanes) is 7. The summed E-state index contributed by atoms with van der Waals surface area (Å²) in [6, 6.07) is 0. The quantitative estimate of drug-likeness (QED) is 0.443. The molecule has 0 amide bonds.